The van der Waals surface area contributed by atoms with Crippen LogP contribution in [-0.4, -0.2) is 19.7 Å². The SMILES string of the molecule is CCn1nc(Sc2cccc(F)c2)c2c(N)ncnc21. The van der Waals surface area contributed by atoms with Gasteiger partial charge in [0.1, 0.15) is 23.0 Å². The molecule has 0 aliphatic rings. The lowest BCUT2D eigenvalue weighted by Crippen LogP contribution is -1.98. The first kappa shape index (κ1) is 12.9. The Morgan fingerprint density at radius 1 is 1.35 bits per heavy atom. The maximum atomic E-state index is 13.2. The fourth-order valence-corrected chi connectivity index (χ4v) is 2.91. The summed E-state index contributed by atoms with van der Waals surface area (Å²) in [4.78, 5) is 8.98. The molecule has 0 atom stereocenters. The van der Waals surface area contributed by atoms with Crippen LogP contribution in [0.15, 0.2) is 40.5 Å². The Morgan fingerprint density at radius 3 is 2.95 bits per heavy atom. The van der Waals surface area contributed by atoms with Gasteiger partial charge < -0.3 is 5.73 Å². The topological polar surface area (TPSA) is 69.6 Å². The first-order valence-electron chi connectivity index (χ1n) is 6.09. The fraction of sp³-hybridized carbons (Fsp3) is 0.154. The maximum Gasteiger partial charge on any atom is 0.164 e. The van der Waals surface area contributed by atoms with Gasteiger partial charge in [-0.05, 0) is 25.1 Å². The zero-order valence-corrected chi connectivity index (χ0v) is 11.6. The molecule has 3 aromatic rings. The number of hydrogen-bond acceptors (Lipinski definition) is 5. The van der Waals surface area contributed by atoms with Crippen molar-refractivity contribution in [2.75, 3.05) is 5.73 Å². The summed E-state index contributed by atoms with van der Waals surface area (Å²) in [6.07, 6.45) is 1.42. The zero-order valence-electron chi connectivity index (χ0n) is 10.7. The molecule has 2 N–H and O–H groups in total. The molecule has 20 heavy (non-hydrogen) atoms. The Balaban J connectivity index is 2.12. The van der Waals surface area contributed by atoms with Crippen molar-refractivity contribution in [3.63, 3.8) is 0 Å². The third-order valence-electron chi connectivity index (χ3n) is 2.84. The van der Waals surface area contributed by atoms with Crippen LogP contribution < -0.4 is 5.73 Å². The summed E-state index contributed by atoms with van der Waals surface area (Å²) in [5.41, 5.74) is 6.61. The molecule has 1 aromatic carbocycles. The normalized spacial score (nSPS) is 11.1. The highest BCUT2D eigenvalue weighted by molar-refractivity contribution is 7.99. The summed E-state index contributed by atoms with van der Waals surface area (Å²) >= 11 is 1.35. The molecule has 0 spiro atoms. The Bertz CT molecular complexity index is 771. The Labute approximate surface area is 119 Å². The van der Waals surface area contributed by atoms with E-state index in [4.69, 9.17) is 5.73 Å². The van der Waals surface area contributed by atoms with Crippen LogP contribution in [0.2, 0.25) is 0 Å². The van der Waals surface area contributed by atoms with Crippen molar-refractivity contribution in [2.45, 2.75) is 23.4 Å². The first-order chi connectivity index (χ1) is 9.69. The van der Waals surface area contributed by atoms with Gasteiger partial charge >= 0.3 is 0 Å². The number of aromatic nitrogens is 4. The lowest BCUT2D eigenvalue weighted by atomic mass is 10.3. The largest absolute Gasteiger partial charge is 0.383 e. The molecule has 2 heterocycles. The van der Waals surface area contributed by atoms with Gasteiger partial charge in [0.25, 0.3) is 0 Å². The van der Waals surface area contributed by atoms with Crippen LogP contribution in [0.3, 0.4) is 0 Å². The van der Waals surface area contributed by atoms with Gasteiger partial charge in [-0.25, -0.2) is 19.0 Å². The first-order valence-corrected chi connectivity index (χ1v) is 6.91. The van der Waals surface area contributed by atoms with Gasteiger partial charge in [-0.15, -0.1) is 0 Å². The van der Waals surface area contributed by atoms with E-state index in [-0.39, 0.29) is 5.82 Å². The minimum absolute atomic E-state index is 0.279. The van der Waals surface area contributed by atoms with Crippen LogP contribution >= 0.6 is 11.8 Å². The predicted octanol–water partition coefficient (Wildman–Crippen LogP) is 2.72. The number of rotatable bonds is 3. The summed E-state index contributed by atoms with van der Waals surface area (Å²) < 4.78 is 15.0. The Morgan fingerprint density at radius 2 is 2.20 bits per heavy atom. The number of nitrogen functional groups attached to an aromatic ring is 1. The number of nitrogens with zero attached hydrogens (tertiary/aromatic N) is 4. The van der Waals surface area contributed by atoms with Gasteiger partial charge in [0.2, 0.25) is 0 Å². The van der Waals surface area contributed by atoms with Crippen molar-refractivity contribution in [2.24, 2.45) is 0 Å². The minimum atomic E-state index is -0.279. The molecule has 3 rings (SSSR count). The number of hydrogen-bond donors (Lipinski definition) is 1. The van der Waals surface area contributed by atoms with Crippen LogP contribution in [-0.2, 0) is 6.54 Å². The minimum Gasteiger partial charge on any atom is -0.383 e. The molecule has 0 amide bonds. The number of fused-ring (bicyclic) bond motifs is 1. The molecule has 0 saturated heterocycles. The highest BCUT2D eigenvalue weighted by atomic mass is 32.2. The summed E-state index contributed by atoms with van der Waals surface area (Å²) in [7, 11) is 0. The van der Waals surface area contributed by atoms with Crippen LogP contribution in [0.5, 0.6) is 0 Å². The van der Waals surface area contributed by atoms with E-state index in [1.807, 2.05) is 13.0 Å². The fourth-order valence-electron chi connectivity index (χ4n) is 1.93. The molecule has 0 aliphatic carbocycles. The zero-order chi connectivity index (χ0) is 14.1. The molecule has 102 valence electrons. The van der Waals surface area contributed by atoms with E-state index in [0.717, 1.165) is 4.90 Å². The smallest absolute Gasteiger partial charge is 0.164 e. The molecule has 0 aliphatic heterocycles. The van der Waals surface area contributed by atoms with E-state index >= 15 is 0 Å². The molecule has 0 unspecified atom stereocenters. The van der Waals surface area contributed by atoms with Gasteiger partial charge in [0, 0.05) is 11.4 Å². The quantitative estimate of drug-likeness (QED) is 0.803. The molecular formula is C13H12FN5S. The van der Waals surface area contributed by atoms with E-state index < -0.39 is 0 Å². The van der Waals surface area contributed by atoms with Gasteiger partial charge in [-0.2, -0.15) is 5.10 Å². The second kappa shape index (κ2) is 5.09. The summed E-state index contributed by atoms with van der Waals surface area (Å²) in [5, 5.41) is 5.87. The average molecular weight is 289 g/mol. The molecule has 7 heteroatoms. The van der Waals surface area contributed by atoms with Gasteiger partial charge in [-0.3, -0.25) is 0 Å². The van der Waals surface area contributed by atoms with Crippen molar-refractivity contribution in [1.82, 2.24) is 19.7 Å². The van der Waals surface area contributed by atoms with E-state index in [1.54, 1.807) is 10.7 Å². The van der Waals surface area contributed by atoms with Crippen LogP contribution in [0.1, 0.15) is 6.92 Å². The number of anilines is 1. The van der Waals surface area contributed by atoms with Crippen molar-refractivity contribution in [3.8, 4) is 0 Å². The third kappa shape index (κ3) is 2.20. The van der Waals surface area contributed by atoms with Gasteiger partial charge in [0.05, 0.1) is 5.39 Å². The van der Waals surface area contributed by atoms with Gasteiger partial charge in [0.15, 0.2) is 5.65 Å². The number of nitrogens with two attached hydrogens (primary N) is 1. The monoisotopic (exact) mass is 289 g/mol. The van der Waals surface area contributed by atoms with E-state index in [1.165, 1.54) is 30.2 Å². The molecule has 2 aromatic heterocycles. The van der Waals surface area contributed by atoms with Crippen molar-refractivity contribution >= 4 is 28.6 Å². The number of benzene rings is 1. The molecule has 0 radical (unpaired) electrons. The van der Waals surface area contributed by atoms with Crippen LogP contribution in [0, 0.1) is 5.82 Å². The molecule has 0 saturated carbocycles. The Kier molecular flexibility index (Phi) is 3.27. The molecule has 0 bridgehead atoms. The predicted molar refractivity (Wildman–Crippen MR) is 75.9 cm³/mol. The second-order valence-corrected chi connectivity index (χ2v) is 5.20. The third-order valence-corrected chi connectivity index (χ3v) is 3.81. The summed E-state index contributed by atoms with van der Waals surface area (Å²) in [5.74, 6) is 0.104. The van der Waals surface area contributed by atoms with Crippen molar-refractivity contribution in [1.29, 1.82) is 0 Å². The Hall–Kier alpha value is -2.15. The van der Waals surface area contributed by atoms with E-state index in [2.05, 4.69) is 15.1 Å². The van der Waals surface area contributed by atoms with Crippen LogP contribution in [0.4, 0.5) is 10.2 Å². The van der Waals surface area contributed by atoms with Crippen LogP contribution in [0.25, 0.3) is 11.0 Å². The highest BCUT2D eigenvalue weighted by Gasteiger charge is 2.15. The van der Waals surface area contributed by atoms with Crippen molar-refractivity contribution in [3.05, 3.63) is 36.4 Å². The average Bonchev–Trinajstić information content (AvgIpc) is 2.78. The van der Waals surface area contributed by atoms with E-state index in [9.17, 15) is 4.39 Å². The molecular weight excluding hydrogens is 277 g/mol. The summed E-state index contributed by atoms with van der Waals surface area (Å²) in [6, 6.07) is 6.35. The highest BCUT2D eigenvalue weighted by Crippen LogP contribution is 2.34. The molecule has 5 nitrogen and oxygen atoms in total. The van der Waals surface area contributed by atoms with E-state index in [0.29, 0.717) is 28.4 Å². The number of aryl methyl sites for hydroxylation is 1. The second-order valence-electron chi connectivity index (χ2n) is 4.14. The maximum absolute atomic E-state index is 13.2. The summed E-state index contributed by atoms with van der Waals surface area (Å²) in [6.45, 7) is 2.65. The van der Waals surface area contributed by atoms with Gasteiger partial charge in [-0.1, -0.05) is 17.8 Å². The standard InChI is InChI=1S/C13H12FN5S/c1-2-19-12-10(11(15)16-7-17-12)13(18-19)20-9-5-3-4-8(14)6-9/h3-7H,2H2,1H3,(H2,15,16,17). The van der Waals surface area contributed by atoms with Crippen molar-refractivity contribution < 1.29 is 4.39 Å². The molecule has 0 fully saturated rings. The lowest BCUT2D eigenvalue weighted by Gasteiger charge is -1.99. The number of halogens is 1. The lowest BCUT2D eigenvalue weighted by molar-refractivity contribution is 0.624.